The van der Waals surface area contributed by atoms with E-state index in [0.29, 0.717) is 24.8 Å². The molecule has 5 rings (SSSR count). The molecule has 0 saturated carbocycles. The second kappa shape index (κ2) is 8.06. The van der Waals surface area contributed by atoms with Crippen molar-refractivity contribution in [3.8, 4) is 11.1 Å². The van der Waals surface area contributed by atoms with E-state index in [4.69, 9.17) is 4.74 Å². The molecule has 0 bridgehead atoms. The van der Waals surface area contributed by atoms with Gasteiger partial charge in [-0.05, 0) is 35.9 Å². The molecule has 1 unspecified atom stereocenters. The lowest BCUT2D eigenvalue weighted by Crippen LogP contribution is -2.42. The molecule has 1 fully saturated rings. The number of H-pyrrole nitrogens is 1. The van der Waals surface area contributed by atoms with Crippen LogP contribution >= 0.6 is 0 Å². The van der Waals surface area contributed by atoms with Crippen molar-refractivity contribution in [3.05, 3.63) is 61.1 Å². The lowest BCUT2D eigenvalue weighted by atomic mass is 10.1. The molecule has 0 spiro atoms. The minimum atomic E-state index is -3.56. The van der Waals surface area contributed by atoms with Crippen LogP contribution in [0.25, 0.3) is 22.0 Å². The Bertz CT molecular complexity index is 1300. The largest absolute Gasteiger partial charge is 0.359 e. The third-order valence-electron chi connectivity index (χ3n) is 5.09. The summed E-state index contributed by atoms with van der Waals surface area (Å²) in [5.41, 5.74) is 2.58. The van der Waals surface area contributed by atoms with Crippen LogP contribution in [0.2, 0.25) is 0 Å². The first-order valence-electron chi connectivity index (χ1n) is 9.79. The quantitative estimate of drug-likeness (QED) is 0.436. The summed E-state index contributed by atoms with van der Waals surface area (Å²) in [6, 6.07) is 12.4. The summed E-state index contributed by atoms with van der Waals surface area (Å²) >= 11 is 0. The molecule has 158 valence electrons. The molecule has 31 heavy (non-hydrogen) atoms. The number of nitrogens with zero attached hydrogens (tertiary/aromatic N) is 3. The number of nitrogens with one attached hydrogen (secondary N) is 3. The molecule has 0 radical (unpaired) electrons. The van der Waals surface area contributed by atoms with Gasteiger partial charge in [-0.3, -0.25) is 5.10 Å². The lowest BCUT2D eigenvalue weighted by molar-refractivity contribution is 0.0785. The van der Waals surface area contributed by atoms with Crippen LogP contribution in [0.5, 0.6) is 0 Å². The van der Waals surface area contributed by atoms with E-state index in [1.165, 1.54) is 0 Å². The smallest absolute Gasteiger partial charge is 0.227 e. The molecule has 3 heterocycles. The van der Waals surface area contributed by atoms with Gasteiger partial charge in [0.1, 0.15) is 0 Å². The highest BCUT2D eigenvalue weighted by Crippen LogP contribution is 2.25. The Morgan fingerprint density at radius 2 is 1.94 bits per heavy atom. The van der Waals surface area contributed by atoms with Crippen LogP contribution in [0.15, 0.2) is 66.0 Å². The number of ether oxygens (including phenoxy) is 1. The first kappa shape index (κ1) is 19.6. The first-order chi connectivity index (χ1) is 15.1. The molecule has 1 saturated heterocycles. The summed E-state index contributed by atoms with van der Waals surface area (Å²) in [6.45, 7) is 1.32. The molecular weight excluding hydrogens is 416 g/mol. The van der Waals surface area contributed by atoms with Crippen LogP contribution in [-0.2, 0) is 14.6 Å². The summed E-state index contributed by atoms with van der Waals surface area (Å²) in [5, 5.41) is 13.9. The normalized spacial score (nSPS) is 17.0. The zero-order valence-corrected chi connectivity index (χ0v) is 17.3. The number of morpholine rings is 1. The standard InChI is InChI=1S/C21H20N6O3S/c28-31(29,20-13-22-7-8-30-20)18-5-3-17(4-6-18)26-21-23-10-15-2-1-14(9-19(15)27-21)16-11-24-25-12-16/h1-6,9-12,20,22H,7-8,13H2,(H,24,25)(H,23,26,27). The van der Waals surface area contributed by atoms with Gasteiger partial charge in [0.2, 0.25) is 15.8 Å². The maximum atomic E-state index is 12.7. The van der Waals surface area contributed by atoms with Crippen molar-refractivity contribution in [2.45, 2.75) is 10.3 Å². The van der Waals surface area contributed by atoms with E-state index in [9.17, 15) is 8.42 Å². The minimum absolute atomic E-state index is 0.218. The topological polar surface area (TPSA) is 122 Å². The Balaban J connectivity index is 1.37. The molecule has 1 aliphatic heterocycles. The highest BCUT2D eigenvalue weighted by molar-refractivity contribution is 7.92. The van der Waals surface area contributed by atoms with Gasteiger partial charge in [0.25, 0.3) is 0 Å². The average Bonchev–Trinajstić information content (AvgIpc) is 3.35. The van der Waals surface area contributed by atoms with E-state index >= 15 is 0 Å². The van der Waals surface area contributed by atoms with Gasteiger partial charge in [0, 0.05) is 42.1 Å². The number of sulfone groups is 1. The summed E-state index contributed by atoms with van der Waals surface area (Å²) < 4.78 is 30.8. The molecule has 9 nitrogen and oxygen atoms in total. The van der Waals surface area contributed by atoms with Crippen molar-refractivity contribution in [1.82, 2.24) is 25.5 Å². The van der Waals surface area contributed by atoms with Gasteiger partial charge in [-0.15, -0.1) is 0 Å². The van der Waals surface area contributed by atoms with Crippen molar-refractivity contribution in [1.29, 1.82) is 0 Å². The van der Waals surface area contributed by atoms with Gasteiger partial charge in [0.05, 0.1) is 23.2 Å². The Morgan fingerprint density at radius 1 is 1.06 bits per heavy atom. The number of fused-ring (bicyclic) bond motifs is 1. The van der Waals surface area contributed by atoms with Crippen LogP contribution in [-0.4, -0.2) is 53.7 Å². The number of benzene rings is 2. The fraction of sp³-hybridized carbons (Fsp3) is 0.190. The van der Waals surface area contributed by atoms with E-state index in [-0.39, 0.29) is 11.4 Å². The Hall–Kier alpha value is -3.34. The van der Waals surface area contributed by atoms with Crippen LogP contribution in [0.4, 0.5) is 11.6 Å². The van der Waals surface area contributed by atoms with Crippen LogP contribution in [0, 0.1) is 0 Å². The Morgan fingerprint density at radius 3 is 2.68 bits per heavy atom. The second-order valence-corrected chi connectivity index (χ2v) is 9.24. The van der Waals surface area contributed by atoms with Crippen molar-refractivity contribution in [2.24, 2.45) is 0 Å². The Kier molecular flexibility index (Phi) is 5.10. The summed E-state index contributed by atoms with van der Waals surface area (Å²) in [4.78, 5) is 9.16. The second-order valence-electron chi connectivity index (χ2n) is 7.15. The number of aromatic amines is 1. The third-order valence-corrected chi connectivity index (χ3v) is 7.02. The molecule has 3 N–H and O–H groups in total. The predicted octanol–water partition coefficient (Wildman–Crippen LogP) is 2.48. The van der Waals surface area contributed by atoms with E-state index in [2.05, 4.69) is 30.8 Å². The molecule has 0 amide bonds. The molecule has 2 aromatic heterocycles. The average molecular weight is 436 g/mol. The maximum absolute atomic E-state index is 12.7. The number of rotatable bonds is 5. The van der Waals surface area contributed by atoms with E-state index in [1.54, 1.807) is 36.7 Å². The van der Waals surface area contributed by atoms with Crippen molar-refractivity contribution < 1.29 is 13.2 Å². The molecule has 0 aliphatic carbocycles. The SMILES string of the molecule is O=S(=O)(c1ccc(Nc2ncc3ccc(-c4cn[nH]c4)cc3n2)cc1)C1CNCCO1. The van der Waals surface area contributed by atoms with Gasteiger partial charge in [-0.25, -0.2) is 18.4 Å². The van der Waals surface area contributed by atoms with E-state index in [1.807, 2.05) is 24.4 Å². The summed E-state index contributed by atoms with van der Waals surface area (Å²) in [7, 11) is -3.56. The van der Waals surface area contributed by atoms with E-state index in [0.717, 1.165) is 22.0 Å². The molecule has 1 atom stereocenters. The van der Waals surface area contributed by atoms with Crippen molar-refractivity contribution >= 4 is 32.4 Å². The zero-order valence-electron chi connectivity index (χ0n) is 16.4. The molecule has 1 aliphatic rings. The molecule has 2 aromatic carbocycles. The number of aromatic nitrogens is 4. The van der Waals surface area contributed by atoms with Crippen LogP contribution in [0.3, 0.4) is 0 Å². The summed E-state index contributed by atoms with van der Waals surface area (Å²) in [5.74, 6) is 0.423. The molecular formula is C21H20N6O3S. The van der Waals surface area contributed by atoms with Gasteiger partial charge >= 0.3 is 0 Å². The highest BCUT2D eigenvalue weighted by Gasteiger charge is 2.29. The van der Waals surface area contributed by atoms with E-state index < -0.39 is 15.3 Å². The van der Waals surface area contributed by atoms with Crippen LogP contribution in [0.1, 0.15) is 0 Å². The van der Waals surface area contributed by atoms with Gasteiger partial charge < -0.3 is 15.4 Å². The fourth-order valence-electron chi connectivity index (χ4n) is 3.42. The predicted molar refractivity (Wildman–Crippen MR) is 117 cm³/mol. The number of hydrogen-bond acceptors (Lipinski definition) is 8. The van der Waals surface area contributed by atoms with Crippen molar-refractivity contribution in [3.63, 3.8) is 0 Å². The number of anilines is 2. The summed E-state index contributed by atoms with van der Waals surface area (Å²) in [6.07, 6.45) is 5.33. The first-order valence-corrected chi connectivity index (χ1v) is 11.3. The minimum Gasteiger partial charge on any atom is -0.359 e. The molecule has 4 aromatic rings. The van der Waals surface area contributed by atoms with Crippen molar-refractivity contribution in [2.75, 3.05) is 25.0 Å². The molecule has 10 heteroatoms. The van der Waals surface area contributed by atoms with Gasteiger partial charge in [-0.1, -0.05) is 12.1 Å². The monoisotopic (exact) mass is 436 g/mol. The zero-order chi connectivity index (χ0) is 21.3. The van der Waals surface area contributed by atoms with Crippen LogP contribution < -0.4 is 10.6 Å². The maximum Gasteiger partial charge on any atom is 0.227 e. The Labute approximate surface area is 178 Å². The fourth-order valence-corrected chi connectivity index (χ4v) is 4.85. The third kappa shape index (κ3) is 4.00. The lowest BCUT2D eigenvalue weighted by Gasteiger charge is -2.23. The number of hydrogen-bond donors (Lipinski definition) is 3. The van der Waals surface area contributed by atoms with Gasteiger partial charge in [0.15, 0.2) is 5.44 Å². The highest BCUT2D eigenvalue weighted by atomic mass is 32.2. The van der Waals surface area contributed by atoms with Gasteiger partial charge in [-0.2, -0.15) is 5.10 Å².